The quantitative estimate of drug-likeness (QED) is 0.557. The molecule has 0 saturated carbocycles. The van der Waals surface area contributed by atoms with E-state index >= 15 is 0 Å². The van der Waals surface area contributed by atoms with Crippen LogP contribution >= 0.6 is 0 Å². The van der Waals surface area contributed by atoms with Crippen molar-refractivity contribution in [3.63, 3.8) is 0 Å². The summed E-state index contributed by atoms with van der Waals surface area (Å²) in [7, 11) is 0. The van der Waals surface area contributed by atoms with Gasteiger partial charge in [0.2, 0.25) is 0 Å². The molecule has 0 bridgehead atoms. The number of ether oxygens (including phenoxy) is 1. The van der Waals surface area contributed by atoms with E-state index in [0.717, 1.165) is 0 Å². The Hall–Kier alpha value is -0.940. The van der Waals surface area contributed by atoms with Gasteiger partial charge in [0.1, 0.15) is 6.42 Å². The van der Waals surface area contributed by atoms with Gasteiger partial charge in [-0.3, -0.25) is 14.5 Å². The van der Waals surface area contributed by atoms with Crippen molar-refractivity contribution in [1.82, 2.24) is 4.90 Å². The highest BCUT2D eigenvalue weighted by molar-refractivity contribution is 5.96. The third kappa shape index (κ3) is 5.28. The van der Waals surface area contributed by atoms with E-state index in [-0.39, 0.29) is 18.7 Å². The van der Waals surface area contributed by atoms with Gasteiger partial charge in [0.05, 0.1) is 18.8 Å². The fourth-order valence-corrected chi connectivity index (χ4v) is 1.87. The number of esters is 1. The number of ketones is 1. The van der Waals surface area contributed by atoms with Crippen LogP contribution in [0.1, 0.15) is 33.1 Å². The molecule has 0 aromatic heterocycles. The third-order valence-corrected chi connectivity index (χ3v) is 2.98. The summed E-state index contributed by atoms with van der Waals surface area (Å²) in [6, 6.07) is 0. The molecule has 0 spiro atoms. The van der Waals surface area contributed by atoms with Crippen LogP contribution in [0.3, 0.4) is 0 Å². The Morgan fingerprint density at radius 3 is 2.47 bits per heavy atom. The number of nitrogens with zero attached hydrogens (tertiary/aromatic N) is 1. The summed E-state index contributed by atoms with van der Waals surface area (Å²) < 4.78 is 4.72. The number of hydrogen-bond donors (Lipinski definition) is 1. The van der Waals surface area contributed by atoms with Crippen molar-refractivity contribution in [3.05, 3.63) is 0 Å². The minimum Gasteiger partial charge on any atom is -0.466 e. The number of carbonyl (C=O) groups excluding carboxylic acids is 2. The van der Waals surface area contributed by atoms with Gasteiger partial charge in [-0.25, -0.2) is 0 Å². The summed E-state index contributed by atoms with van der Waals surface area (Å²) in [6.45, 7) is 5.50. The van der Waals surface area contributed by atoms with E-state index in [1.807, 2.05) is 11.8 Å². The lowest BCUT2D eigenvalue weighted by Gasteiger charge is -2.35. The molecule has 1 rings (SSSR count). The fraction of sp³-hybridized carbons (Fsp3) is 0.833. The highest BCUT2D eigenvalue weighted by Crippen LogP contribution is 2.20. The van der Waals surface area contributed by atoms with Crippen molar-refractivity contribution in [2.24, 2.45) is 0 Å². The van der Waals surface area contributed by atoms with Gasteiger partial charge in [0, 0.05) is 13.1 Å². The second kappa shape index (κ2) is 6.12. The maximum atomic E-state index is 11.6. The molecule has 0 aromatic rings. The minimum atomic E-state index is -0.610. The molecular formula is C12H21NO4. The Balaban J connectivity index is 2.26. The average Bonchev–Trinajstić information content (AvgIpc) is 2.21. The van der Waals surface area contributed by atoms with Gasteiger partial charge in [0.25, 0.3) is 0 Å². The first-order valence-electron chi connectivity index (χ1n) is 6.05. The molecule has 1 heterocycles. The number of carbonyl (C=O) groups is 2. The summed E-state index contributed by atoms with van der Waals surface area (Å²) in [6.07, 6.45) is 1.18. The summed E-state index contributed by atoms with van der Waals surface area (Å²) in [5.41, 5.74) is -0.610. The number of hydrogen-bond acceptors (Lipinski definition) is 5. The van der Waals surface area contributed by atoms with Crippen molar-refractivity contribution in [2.45, 2.75) is 38.7 Å². The first kappa shape index (κ1) is 14.1. The largest absolute Gasteiger partial charge is 0.466 e. The van der Waals surface area contributed by atoms with Crippen molar-refractivity contribution < 1.29 is 19.4 Å². The van der Waals surface area contributed by atoms with Gasteiger partial charge in [0.15, 0.2) is 5.78 Å². The van der Waals surface area contributed by atoms with Crippen LogP contribution in [0, 0.1) is 0 Å². The van der Waals surface area contributed by atoms with Crippen LogP contribution in [0.15, 0.2) is 0 Å². The monoisotopic (exact) mass is 243 g/mol. The molecule has 1 fully saturated rings. The average molecular weight is 243 g/mol. The predicted octanol–water partition coefficient (Wildman–Crippen LogP) is 0.356. The summed E-state index contributed by atoms with van der Waals surface area (Å²) in [4.78, 5) is 24.6. The zero-order valence-electron chi connectivity index (χ0n) is 10.6. The molecule has 98 valence electrons. The molecule has 0 unspecified atom stereocenters. The highest BCUT2D eigenvalue weighted by Gasteiger charge is 2.28. The predicted molar refractivity (Wildman–Crippen MR) is 62.6 cm³/mol. The van der Waals surface area contributed by atoms with Gasteiger partial charge >= 0.3 is 5.97 Å². The molecule has 1 aliphatic heterocycles. The molecule has 1 saturated heterocycles. The molecular weight excluding hydrogens is 222 g/mol. The second-order valence-corrected chi connectivity index (χ2v) is 4.79. The maximum Gasteiger partial charge on any atom is 0.313 e. The van der Waals surface area contributed by atoms with E-state index in [2.05, 4.69) is 0 Å². The Labute approximate surface area is 102 Å². The normalized spacial score (nSPS) is 19.9. The van der Waals surface area contributed by atoms with Crippen LogP contribution in [-0.2, 0) is 14.3 Å². The van der Waals surface area contributed by atoms with Crippen LogP contribution < -0.4 is 0 Å². The van der Waals surface area contributed by atoms with Crippen molar-refractivity contribution in [3.8, 4) is 0 Å². The molecule has 0 amide bonds. The van der Waals surface area contributed by atoms with Crippen molar-refractivity contribution in [1.29, 1.82) is 0 Å². The lowest BCUT2D eigenvalue weighted by atomic mass is 9.94. The molecule has 5 nitrogen and oxygen atoms in total. The summed E-state index contributed by atoms with van der Waals surface area (Å²) >= 11 is 0. The van der Waals surface area contributed by atoms with Gasteiger partial charge in [-0.05, 0) is 26.7 Å². The van der Waals surface area contributed by atoms with E-state index in [4.69, 9.17) is 4.74 Å². The van der Waals surface area contributed by atoms with Crippen LogP contribution in [0.2, 0.25) is 0 Å². The Morgan fingerprint density at radius 2 is 1.94 bits per heavy atom. The van der Waals surface area contributed by atoms with E-state index in [9.17, 15) is 14.7 Å². The highest BCUT2D eigenvalue weighted by atomic mass is 16.5. The molecule has 17 heavy (non-hydrogen) atoms. The Bertz CT molecular complexity index is 278. The topological polar surface area (TPSA) is 66.8 Å². The van der Waals surface area contributed by atoms with E-state index in [0.29, 0.717) is 32.5 Å². The number of piperidine rings is 1. The standard InChI is InChI=1S/C12H21NO4/c1-3-17-11(15)8-10(14)9-13-6-4-12(2,16)5-7-13/h16H,3-9H2,1-2H3. The number of aliphatic hydroxyl groups is 1. The molecule has 0 atom stereocenters. The lowest BCUT2D eigenvalue weighted by molar-refractivity contribution is -0.145. The zero-order chi connectivity index (χ0) is 12.9. The van der Waals surface area contributed by atoms with E-state index in [1.54, 1.807) is 6.92 Å². The van der Waals surface area contributed by atoms with Gasteiger partial charge < -0.3 is 9.84 Å². The number of likely N-dealkylation sites (tertiary alicyclic amines) is 1. The van der Waals surface area contributed by atoms with Crippen LogP contribution in [-0.4, -0.2) is 53.6 Å². The van der Waals surface area contributed by atoms with Gasteiger partial charge in [-0.2, -0.15) is 0 Å². The molecule has 5 heteroatoms. The van der Waals surface area contributed by atoms with Crippen molar-refractivity contribution >= 4 is 11.8 Å². The SMILES string of the molecule is CCOC(=O)CC(=O)CN1CCC(C)(O)CC1. The Kier molecular flexibility index (Phi) is 5.08. The third-order valence-electron chi connectivity index (χ3n) is 2.98. The molecule has 1 N–H and O–H groups in total. The van der Waals surface area contributed by atoms with Crippen molar-refractivity contribution in [2.75, 3.05) is 26.2 Å². The summed E-state index contributed by atoms with van der Waals surface area (Å²) in [5.74, 6) is -0.577. The van der Waals surface area contributed by atoms with Crippen LogP contribution in [0.5, 0.6) is 0 Å². The zero-order valence-corrected chi connectivity index (χ0v) is 10.6. The Morgan fingerprint density at radius 1 is 1.35 bits per heavy atom. The van der Waals surface area contributed by atoms with E-state index < -0.39 is 11.6 Å². The molecule has 0 radical (unpaired) electrons. The molecule has 1 aliphatic rings. The smallest absolute Gasteiger partial charge is 0.313 e. The van der Waals surface area contributed by atoms with Crippen LogP contribution in [0.25, 0.3) is 0 Å². The lowest BCUT2D eigenvalue weighted by Crippen LogP contribution is -2.44. The summed E-state index contributed by atoms with van der Waals surface area (Å²) in [5, 5.41) is 9.76. The molecule has 0 aromatic carbocycles. The van der Waals surface area contributed by atoms with Gasteiger partial charge in [-0.1, -0.05) is 0 Å². The van der Waals surface area contributed by atoms with E-state index in [1.165, 1.54) is 0 Å². The number of rotatable bonds is 5. The van der Waals surface area contributed by atoms with Crippen LogP contribution in [0.4, 0.5) is 0 Å². The maximum absolute atomic E-state index is 11.6. The first-order chi connectivity index (χ1) is 7.93. The van der Waals surface area contributed by atoms with Gasteiger partial charge in [-0.15, -0.1) is 0 Å². The first-order valence-corrected chi connectivity index (χ1v) is 6.05. The second-order valence-electron chi connectivity index (χ2n) is 4.79. The fourth-order valence-electron chi connectivity index (χ4n) is 1.87. The molecule has 0 aliphatic carbocycles. The number of Topliss-reactive ketones (excluding diaryl/α,β-unsaturated/α-hetero) is 1. The minimum absolute atomic E-state index is 0.120.